The number of hydrogen-bond donors (Lipinski definition) is 1. The third-order valence-electron chi connectivity index (χ3n) is 4.23. The lowest BCUT2D eigenvalue weighted by Gasteiger charge is -2.26. The molecule has 2 N–H and O–H groups in total. The van der Waals surface area contributed by atoms with Gasteiger partial charge in [-0.3, -0.25) is 0 Å². The Balaban J connectivity index is 2.04. The smallest absolute Gasteiger partial charge is 0.344 e. The molecule has 1 atom stereocenters. The highest BCUT2D eigenvalue weighted by molar-refractivity contribution is 9.10. The van der Waals surface area contributed by atoms with E-state index in [1.165, 1.54) is 0 Å². The summed E-state index contributed by atoms with van der Waals surface area (Å²) in [5.41, 5.74) is 5.91. The van der Waals surface area contributed by atoms with E-state index in [1.54, 1.807) is 43.3 Å². The van der Waals surface area contributed by atoms with Gasteiger partial charge in [-0.15, -0.1) is 0 Å². The number of hydrogen-bond acceptors (Lipinski definition) is 7. The molecule has 0 unspecified atom stereocenters. The van der Waals surface area contributed by atoms with Gasteiger partial charge in [-0.25, -0.2) is 9.59 Å². The number of para-hydroxylation sites is 1. The molecule has 0 spiro atoms. The quantitative estimate of drug-likeness (QED) is 0.500. The van der Waals surface area contributed by atoms with Crippen LogP contribution in [0.2, 0.25) is 0 Å². The first kappa shape index (κ1) is 17.4. The minimum absolute atomic E-state index is 0.00576. The predicted molar refractivity (Wildman–Crippen MR) is 99.2 cm³/mol. The third-order valence-corrected chi connectivity index (χ3v) is 4.65. The topological polar surface area (TPSA) is 105 Å². The van der Waals surface area contributed by atoms with Crippen molar-refractivity contribution < 1.29 is 23.1 Å². The molecule has 0 amide bonds. The van der Waals surface area contributed by atoms with Crippen LogP contribution in [0.1, 0.15) is 24.2 Å². The van der Waals surface area contributed by atoms with Crippen molar-refractivity contribution in [1.29, 1.82) is 0 Å². The summed E-state index contributed by atoms with van der Waals surface area (Å²) in [4.78, 5) is 25.3. The van der Waals surface area contributed by atoms with E-state index >= 15 is 0 Å². The molecular weight excluding hydrogens is 418 g/mol. The van der Waals surface area contributed by atoms with E-state index in [9.17, 15) is 9.59 Å². The molecule has 2 aromatic heterocycles. The zero-order chi connectivity index (χ0) is 19.1. The van der Waals surface area contributed by atoms with E-state index in [0.29, 0.717) is 21.4 Å². The maximum atomic E-state index is 12.8. The number of nitrogens with two attached hydrogens (primary N) is 1. The molecule has 4 rings (SSSR count). The Morgan fingerprint density at radius 1 is 1.22 bits per heavy atom. The Morgan fingerprint density at radius 3 is 2.70 bits per heavy atom. The lowest BCUT2D eigenvalue weighted by atomic mass is 9.87. The number of esters is 1. The van der Waals surface area contributed by atoms with Gasteiger partial charge >= 0.3 is 11.6 Å². The molecule has 8 heteroatoms. The summed E-state index contributed by atoms with van der Waals surface area (Å²) in [6, 6.07) is 10.2. The molecule has 0 radical (unpaired) electrons. The average Bonchev–Trinajstić information content (AvgIpc) is 3.07. The zero-order valence-corrected chi connectivity index (χ0v) is 15.7. The highest BCUT2D eigenvalue weighted by Crippen LogP contribution is 2.44. The molecule has 0 fully saturated rings. The van der Waals surface area contributed by atoms with Crippen molar-refractivity contribution in [3.8, 4) is 5.75 Å². The van der Waals surface area contributed by atoms with Crippen molar-refractivity contribution >= 4 is 32.9 Å². The largest absolute Gasteiger partial charge is 0.462 e. The third kappa shape index (κ3) is 2.82. The summed E-state index contributed by atoms with van der Waals surface area (Å²) >= 11 is 3.24. The molecule has 3 heterocycles. The Morgan fingerprint density at radius 2 is 2.00 bits per heavy atom. The summed E-state index contributed by atoms with van der Waals surface area (Å²) in [7, 11) is 0. The zero-order valence-electron chi connectivity index (χ0n) is 14.2. The first-order valence-corrected chi connectivity index (χ1v) is 8.96. The molecule has 0 saturated heterocycles. The van der Waals surface area contributed by atoms with Crippen molar-refractivity contribution in [2.24, 2.45) is 5.73 Å². The van der Waals surface area contributed by atoms with E-state index in [4.69, 9.17) is 24.0 Å². The predicted octanol–water partition coefficient (Wildman–Crippen LogP) is 3.41. The Bertz CT molecular complexity index is 1140. The van der Waals surface area contributed by atoms with Crippen LogP contribution in [0.15, 0.2) is 66.2 Å². The number of furan rings is 1. The average molecular weight is 432 g/mol. The molecule has 1 aliphatic heterocycles. The van der Waals surface area contributed by atoms with Gasteiger partial charge < -0.3 is 24.0 Å². The lowest BCUT2D eigenvalue weighted by molar-refractivity contribution is -0.139. The summed E-state index contributed by atoms with van der Waals surface area (Å²) in [6.45, 7) is 1.82. The van der Waals surface area contributed by atoms with Gasteiger partial charge in [0.25, 0.3) is 0 Å². The number of fused-ring (bicyclic) bond motifs is 3. The highest BCUT2D eigenvalue weighted by atomic mass is 79.9. The molecule has 1 aliphatic rings. The fraction of sp³-hybridized carbons (Fsp3) is 0.158. The van der Waals surface area contributed by atoms with Crippen LogP contribution in [0.4, 0.5) is 0 Å². The van der Waals surface area contributed by atoms with E-state index < -0.39 is 17.5 Å². The second-order valence-electron chi connectivity index (χ2n) is 5.80. The van der Waals surface area contributed by atoms with Crippen LogP contribution in [0.25, 0.3) is 11.0 Å². The molecular formula is C19H14BrNO6. The lowest BCUT2D eigenvalue weighted by Crippen LogP contribution is -2.30. The van der Waals surface area contributed by atoms with Gasteiger partial charge in [0.1, 0.15) is 16.9 Å². The number of benzene rings is 1. The van der Waals surface area contributed by atoms with E-state index in [1.807, 2.05) is 0 Å². The van der Waals surface area contributed by atoms with Crippen LogP contribution < -0.4 is 16.1 Å². The van der Waals surface area contributed by atoms with Crippen molar-refractivity contribution in [3.63, 3.8) is 0 Å². The Labute approximate surface area is 161 Å². The standard InChI is InChI=1S/C19H14BrNO6/c1-2-24-18(22)15-13(11-7-8-12(20)25-11)14-16(27-17(15)21)9-5-3-4-6-10(9)26-19(14)23/h3-8,13H,2,21H2,1H3/t13-/m1/s1. The van der Waals surface area contributed by atoms with E-state index in [2.05, 4.69) is 15.9 Å². The van der Waals surface area contributed by atoms with Gasteiger partial charge in [0.05, 0.1) is 23.5 Å². The fourth-order valence-corrected chi connectivity index (χ4v) is 3.46. The van der Waals surface area contributed by atoms with Gasteiger partial charge in [-0.2, -0.15) is 0 Å². The summed E-state index contributed by atoms with van der Waals surface area (Å²) in [5, 5.41) is 0.564. The van der Waals surface area contributed by atoms with Crippen LogP contribution in [0.3, 0.4) is 0 Å². The normalized spacial score (nSPS) is 16.1. The maximum Gasteiger partial charge on any atom is 0.344 e. The van der Waals surface area contributed by atoms with Crippen molar-refractivity contribution in [1.82, 2.24) is 0 Å². The maximum absolute atomic E-state index is 12.8. The van der Waals surface area contributed by atoms with E-state index in [-0.39, 0.29) is 29.4 Å². The fourth-order valence-electron chi connectivity index (χ4n) is 3.14. The summed E-state index contributed by atoms with van der Waals surface area (Å²) in [5.74, 6) is -1.18. The van der Waals surface area contributed by atoms with Gasteiger partial charge in [0.2, 0.25) is 5.88 Å². The van der Waals surface area contributed by atoms with Gasteiger partial charge in [0, 0.05) is 0 Å². The summed E-state index contributed by atoms with van der Waals surface area (Å²) in [6.07, 6.45) is 0. The number of carbonyl (C=O) groups is 1. The second-order valence-corrected chi connectivity index (χ2v) is 6.59. The SMILES string of the molecule is CCOC(=O)C1=C(N)Oc2c(c(=O)oc3ccccc23)[C@H]1c1ccc(Br)o1. The minimum Gasteiger partial charge on any atom is -0.462 e. The molecule has 0 aliphatic carbocycles. The minimum atomic E-state index is -0.917. The number of rotatable bonds is 3. The molecule has 0 saturated carbocycles. The monoisotopic (exact) mass is 431 g/mol. The molecule has 3 aromatic rings. The van der Waals surface area contributed by atoms with Crippen LogP contribution in [-0.4, -0.2) is 12.6 Å². The first-order valence-electron chi connectivity index (χ1n) is 8.16. The van der Waals surface area contributed by atoms with Crippen LogP contribution in [0, 0.1) is 0 Å². The molecule has 1 aromatic carbocycles. The van der Waals surface area contributed by atoms with Crippen LogP contribution in [0.5, 0.6) is 5.75 Å². The summed E-state index contributed by atoms with van der Waals surface area (Å²) < 4.78 is 22.3. The molecule has 7 nitrogen and oxygen atoms in total. The molecule has 27 heavy (non-hydrogen) atoms. The van der Waals surface area contributed by atoms with E-state index in [0.717, 1.165) is 0 Å². The van der Waals surface area contributed by atoms with Crippen LogP contribution >= 0.6 is 15.9 Å². The molecule has 0 bridgehead atoms. The Hall–Kier alpha value is -3.00. The number of halogens is 1. The first-order chi connectivity index (χ1) is 13.0. The second kappa shape index (κ2) is 6.62. The highest BCUT2D eigenvalue weighted by Gasteiger charge is 2.41. The van der Waals surface area contributed by atoms with Crippen LogP contribution in [-0.2, 0) is 9.53 Å². The van der Waals surface area contributed by atoms with Gasteiger partial charge in [-0.05, 0) is 47.1 Å². The van der Waals surface area contributed by atoms with Gasteiger partial charge in [0.15, 0.2) is 10.4 Å². The Kier molecular flexibility index (Phi) is 4.27. The van der Waals surface area contributed by atoms with Crippen molar-refractivity contribution in [2.45, 2.75) is 12.8 Å². The van der Waals surface area contributed by atoms with Crippen molar-refractivity contribution in [3.05, 3.63) is 74.3 Å². The molecule has 138 valence electrons. The number of ether oxygens (including phenoxy) is 2. The number of carbonyl (C=O) groups excluding carboxylic acids is 1. The van der Waals surface area contributed by atoms with Gasteiger partial charge in [-0.1, -0.05) is 12.1 Å². The van der Waals surface area contributed by atoms with Crippen molar-refractivity contribution in [2.75, 3.05) is 6.61 Å².